The molecular weight excluding hydrogens is 234 g/mol. The van der Waals surface area contributed by atoms with Gasteiger partial charge in [0.25, 0.3) is 0 Å². The van der Waals surface area contributed by atoms with Crippen molar-refractivity contribution in [3.05, 3.63) is 42.5 Å². The lowest BCUT2D eigenvalue weighted by atomic mass is 10.2. The first-order valence-electron chi connectivity index (χ1n) is 5.42. The Kier molecular flexibility index (Phi) is 5.80. The van der Waals surface area contributed by atoms with E-state index in [1.165, 1.54) is 11.8 Å². The second-order valence-corrected chi connectivity index (χ2v) is 5.01. The Labute approximate surface area is 106 Å². The van der Waals surface area contributed by atoms with Gasteiger partial charge in [0.2, 0.25) is 5.91 Å². The fraction of sp³-hybridized carbons (Fsp3) is 0.308. The van der Waals surface area contributed by atoms with Crippen LogP contribution in [0, 0.1) is 0 Å². The number of thioether (sulfide) groups is 1. The van der Waals surface area contributed by atoms with Gasteiger partial charge in [-0.2, -0.15) is 0 Å². The first-order valence-corrected chi connectivity index (χ1v) is 6.30. The molecule has 2 N–H and O–H groups in total. The molecule has 1 aromatic carbocycles. The zero-order chi connectivity index (χ0) is 12.7. The average Bonchev–Trinajstić information content (AvgIpc) is 2.36. The molecule has 0 aliphatic rings. The Hall–Kier alpha value is -1.26. The number of aliphatic hydroxyl groups is 1. The van der Waals surface area contributed by atoms with Crippen LogP contribution in [-0.2, 0) is 11.4 Å². The summed E-state index contributed by atoms with van der Waals surface area (Å²) in [6, 6.07) is 7.54. The number of benzene rings is 1. The molecule has 4 heteroatoms. The molecule has 3 nitrogen and oxygen atoms in total. The molecule has 1 amide bonds. The van der Waals surface area contributed by atoms with E-state index < -0.39 is 0 Å². The Morgan fingerprint density at radius 3 is 2.71 bits per heavy atom. The van der Waals surface area contributed by atoms with Crippen LogP contribution in [0.2, 0.25) is 0 Å². The predicted molar refractivity (Wildman–Crippen MR) is 70.9 cm³/mol. The summed E-state index contributed by atoms with van der Waals surface area (Å²) in [5.41, 5.74) is 0.873. The van der Waals surface area contributed by atoms with Crippen molar-refractivity contribution < 1.29 is 9.90 Å². The normalized spacial score (nSPS) is 11.9. The molecule has 92 valence electrons. The zero-order valence-corrected chi connectivity index (χ0v) is 10.7. The number of amides is 1. The maximum absolute atomic E-state index is 11.6. The molecule has 0 aromatic heterocycles. The van der Waals surface area contributed by atoms with Crippen LogP contribution in [0.4, 0.5) is 0 Å². The van der Waals surface area contributed by atoms with Gasteiger partial charge < -0.3 is 10.4 Å². The van der Waals surface area contributed by atoms with E-state index >= 15 is 0 Å². The number of carbonyl (C=O) groups excluding carboxylic acids is 1. The van der Waals surface area contributed by atoms with Crippen molar-refractivity contribution in [2.45, 2.75) is 23.7 Å². The summed E-state index contributed by atoms with van der Waals surface area (Å²) in [5.74, 6) is 0.00105. The minimum Gasteiger partial charge on any atom is -0.392 e. The summed E-state index contributed by atoms with van der Waals surface area (Å²) in [7, 11) is 0. The highest BCUT2D eigenvalue weighted by atomic mass is 32.2. The van der Waals surface area contributed by atoms with E-state index in [4.69, 9.17) is 5.11 Å². The van der Waals surface area contributed by atoms with Gasteiger partial charge in [-0.05, 0) is 24.6 Å². The van der Waals surface area contributed by atoms with Crippen LogP contribution in [0.25, 0.3) is 0 Å². The van der Waals surface area contributed by atoms with Crippen LogP contribution in [0.1, 0.15) is 12.5 Å². The number of hydrogen-bond donors (Lipinski definition) is 2. The highest BCUT2D eigenvalue weighted by molar-refractivity contribution is 8.00. The molecule has 0 spiro atoms. The van der Waals surface area contributed by atoms with E-state index in [9.17, 15) is 4.79 Å². The van der Waals surface area contributed by atoms with Crippen molar-refractivity contribution in [1.82, 2.24) is 5.32 Å². The van der Waals surface area contributed by atoms with Crippen molar-refractivity contribution in [1.29, 1.82) is 0 Å². The molecule has 0 aliphatic heterocycles. The third-order valence-corrected chi connectivity index (χ3v) is 3.32. The molecule has 1 unspecified atom stereocenters. The van der Waals surface area contributed by atoms with E-state index in [0.29, 0.717) is 6.54 Å². The maximum atomic E-state index is 11.6. The van der Waals surface area contributed by atoms with Crippen molar-refractivity contribution in [3.63, 3.8) is 0 Å². The van der Waals surface area contributed by atoms with Crippen LogP contribution < -0.4 is 5.32 Å². The fourth-order valence-corrected chi connectivity index (χ4v) is 2.14. The SMILES string of the molecule is C=CCNC(=O)C(C)Sc1ccc(CO)cc1. The van der Waals surface area contributed by atoms with Gasteiger partial charge in [-0.25, -0.2) is 0 Å². The van der Waals surface area contributed by atoms with E-state index in [1.54, 1.807) is 6.08 Å². The van der Waals surface area contributed by atoms with E-state index in [-0.39, 0.29) is 17.8 Å². The molecule has 0 fully saturated rings. The highest BCUT2D eigenvalue weighted by Crippen LogP contribution is 2.23. The number of rotatable bonds is 6. The van der Waals surface area contributed by atoms with Gasteiger partial charge in [-0.3, -0.25) is 4.79 Å². The smallest absolute Gasteiger partial charge is 0.233 e. The molecule has 0 radical (unpaired) electrons. The van der Waals surface area contributed by atoms with Gasteiger partial charge in [0.05, 0.1) is 11.9 Å². The summed E-state index contributed by atoms with van der Waals surface area (Å²) in [6.07, 6.45) is 1.66. The second kappa shape index (κ2) is 7.14. The molecule has 17 heavy (non-hydrogen) atoms. The third kappa shape index (κ3) is 4.63. The van der Waals surface area contributed by atoms with Crippen molar-refractivity contribution in [2.75, 3.05) is 6.54 Å². The molecule has 1 atom stereocenters. The first kappa shape index (κ1) is 13.8. The Morgan fingerprint density at radius 1 is 1.53 bits per heavy atom. The number of carbonyl (C=O) groups is 1. The Balaban J connectivity index is 2.51. The Bertz CT molecular complexity index is 376. The maximum Gasteiger partial charge on any atom is 0.233 e. The average molecular weight is 251 g/mol. The van der Waals surface area contributed by atoms with Crippen LogP contribution >= 0.6 is 11.8 Å². The minimum absolute atomic E-state index is 0.00105. The summed E-state index contributed by atoms with van der Waals surface area (Å²) in [6.45, 7) is 5.95. The summed E-state index contributed by atoms with van der Waals surface area (Å²) >= 11 is 1.49. The standard InChI is InChI=1S/C13H17NO2S/c1-3-8-14-13(16)10(2)17-12-6-4-11(9-15)5-7-12/h3-7,10,15H,1,8-9H2,2H3,(H,14,16). The Morgan fingerprint density at radius 2 is 2.18 bits per heavy atom. The van der Waals surface area contributed by atoms with Gasteiger partial charge in [0, 0.05) is 11.4 Å². The third-order valence-electron chi connectivity index (χ3n) is 2.21. The van der Waals surface area contributed by atoms with Crippen LogP contribution in [0.3, 0.4) is 0 Å². The summed E-state index contributed by atoms with van der Waals surface area (Å²) < 4.78 is 0. The molecule has 0 saturated heterocycles. The lowest BCUT2D eigenvalue weighted by molar-refractivity contribution is -0.120. The predicted octanol–water partition coefficient (Wildman–Crippen LogP) is 1.96. The molecule has 0 heterocycles. The molecule has 0 saturated carbocycles. The van der Waals surface area contributed by atoms with Gasteiger partial charge >= 0.3 is 0 Å². The molecule has 1 rings (SSSR count). The molecular formula is C13H17NO2S. The van der Waals surface area contributed by atoms with Crippen molar-refractivity contribution >= 4 is 17.7 Å². The fourth-order valence-electron chi connectivity index (χ4n) is 1.25. The topological polar surface area (TPSA) is 49.3 Å². The number of nitrogens with one attached hydrogen (secondary N) is 1. The van der Waals surface area contributed by atoms with Gasteiger partial charge in [0.1, 0.15) is 0 Å². The van der Waals surface area contributed by atoms with E-state index in [1.807, 2.05) is 31.2 Å². The quantitative estimate of drug-likeness (QED) is 0.600. The number of hydrogen-bond acceptors (Lipinski definition) is 3. The van der Waals surface area contributed by atoms with Gasteiger partial charge in [0.15, 0.2) is 0 Å². The van der Waals surface area contributed by atoms with E-state index in [0.717, 1.165) is 10.5 Å². The van der Waals surface area contributed by atoms with Crippen LogP contribution in [-0.4, -0.2) is 22.8 Å². The largest absolute Gasteiger partial charge is 0.392 e. The van der Waals surface area contributed by atoms with Gasteiger partial charge in [-0.1, -0.05) is 18.2 Å². The monoisotopic (exact) mass is 251 g/mol. The zero-order valence-electron chi connectivity index (χ0n) is 9.85. The van der Waals surface area contributed by atoms with E-state index in [2.05, 4.69) is 11.9 Å². The second-order valence-electron chi connectivity index (χ2n) is 3.60. The number of aliphatic hydroxyl groups excluding tert-OH is 1. The van der Waals surface area contributed by atoms with Crippen LogP contribution in [0.5, 0.6) is 0 Å². The molecule has 1 aromatic rings. The summed E-state index contributed by atoms with van der Waals surface area (Å²) in [4.78, 5) is 12.6. The van der Waals surface area contributed by atoms with Crippen molar-refractivity contribution in [2.24, 2.45) is 0 Å². The molecule has 0 aliphatic carbocycles. The lowest BCUT2D eigenvalue weighted by Crippen LogP contribution is -2.30. The lowest BCUT2D eigenvalue weighted by Gasteiger charge is -2.11. The first-order chi connectivity index (χ1) is 8.17. The van der Waals surface area contributed by atoms with Crippen molar-refractivity contribution in [3.8, 4) is 0 Å². The van der Waals surface area contributed by atoms with Crippen LogP contribution in [0.15, 0.2) is 41.8 Å². The minimum atomic E-state index is -0.144. The highest BCUT2D eigenvalue weighted by Gasteiger charge is 2.12. The van der Waals surface area contributed by atoms with Gasteiger partial charge in [-0.15, -0.1) is 18.3 Å². The molecule has 0 bridgehead atoms. The summed E-state index contributed by atoms with van der Waals surface area (Å²) in [5, 5.41) is 11.5.